The van der Waals surface area contributed by atoms with Gasteiger partial charge < -0.3 is 0 Å². The second kappa shape index (κ2) is 18.6. The number of alkyl halides is 46. The number of halogens is 46. The van der Waals surface area contributed by atoms with Gasteiger partial charge in [-0.1, -0.05) is 0 Å². The van der Waals surface area contributed by atoms with Gasteiger partial charge in [0.1, 0.15) is 0 Å². The highest BCUT2D eigenvalue weighted by Gasteiger charge is 2.92. The lowest BCUT2D eigenvalue weighted by atomic mass is 10.0. The Bertz CT molecular complexity index is 1910. The van der Waals surface area contributed by atoms with Crippen molar-refractivity contribution in [3.63, 3.8) is 0 Å². The fourth-order valence-electron chi connectivity index (χ4n) is 3.58. The lowest BCUT2D eigenvalue weighted by Crippen LogP contribution is -2.73. The topological polar surface area (TPSA) is 72.5 Å². The average molecular weight is 1260 g/mol. The summed E-state index contributed by atoms with van der Waals surface area (Å²) in [6, 6.07) is 0. The monoisotopic (exact) mass is 1260 g/mol. The Kier molecular flexibility index (Phi) is 17.7. The average Bonchev–Trinajstić information content (AvgIpc) is 3.09. The lowest BCUT2D eigenvalue weighted by Gasteiger charge is -2.44. The molecule has 0 aromatic carbocycles. The van der Waals surface area contributed by atoms with Gasteiger partial charge in [-0.2, -0.15) is 202 Å². The van der Waals surface area contributed by atoms with Crippen molar-refractivity contribution in [1.29, 1.82) is 0 Å². The first-order valence-electron chi connectivity index (χ1n) is 15.3. The van der Waals surface area contributed by atoms with Crippen LogP contribution in [0.2, 0.25) is 0 Å². The van der Waals surface area contributed by atoms with Crippen molar-refractivity contribution in [2.45, 2.75) is 133 Å². The molecule has 0 aliphatic heterocycles. The Labute approximate surface area is 375 Å². The first kappa shape index (κ1) is 72.2. The summed E-state index contributed by atoms with van der Waals surface area (Å²) in [5, 5.41) is 0. The number of hydrogen-bond donors (Lipinski definition) is 0. The van der Waals surface area contributed by atoms with E-state index in [1.165, 1.54) is 0 Å². The summed E-state index contributed by atoms with van der Waals surface area (Å²) in [5.74, 6) is -82.8. The van der Waals surface area contributed by atoms with Crippen LogP contribution in [0.1, 0.15) is 0 Å². The normalized spacial score (nSPS) is 20.7. The number of hydrogen-bond acceptors (Lipinski definition) is 7. The van der Waals surface area contributed by atoms with Crippen LogP contribution in [-0.2, 0) is 33.2 Å². The first-order valence-corrected chi connectivity index (χ1v) is 15.3. The van der Waals surface area contributed by atoms with Crippen molar-refractivity contribution in [3.8, 4) is 0 Å². The third-order valence-electron chi connectivity index (χ3n) is 7.33. The molecular weight excluding hydrogens is 1260 g/mol. The van der Waals surface area contributed by atoms with Gasteiger partial charge in [0.15, 0.2) is 0 Å². The Morgan fingerprint density at radius 1 is 0.184 bits per heavy atom. The van der Waals surface area contributed by atoms with E-state index in [1.807, 2.05) is 0 Å². The van der Waals surface area contributed by atoms with E-state index in [-0.39, 0.29) is 0 Å². The van der Waals surface area contributed by atoms with E-state index in [4.69, 9.17) is 0 Å². The largest absolute Gasteiger partial charge is 0.462 e. The summed E-state index contributed by atoms with van der Waals surface area (Å²) in [6.45, 7) is 0. The van der Waals surface area contributed by atoms with E-state index in [1.54, 1.807) is 0 Å². The van der Waals surface area contributed by atoms with E-state index in [2.05, 4.69) is 0 Å². The van der Waals surface area contributed by atoms with E-state index in [9.17, 15) is 207 Å². The highest BCUT2D eigenvalue weighted by molar-refractivity contribution is 5.94. The molecule has 0 bridgehead atoms. The minimum Gasteiger partial charge on any atom is -0.286 e. The second-order valence-electron chi connectivity index (χ2n) is 12.7. The zero-order chi connectivity index (χ0) is 62.8. The number of ketones is 1. The van der Waals surface area contributed by atoms with Crippen LogP contribution in [0.3, 0.4) is 0 Å². The molecule has 0 aliphatic carbocycles. The molecule has 6 atom stereocenters. The molecule has 0 radical (unpaired) electrons. The molecule has 53 heteroatoms. The summed E-state index contributed by atoms with van der Waals surface area (Å²) in [6.07, 6.45) is -130. The molecule has 0 aromatic heterocycles. The van der Waals surface area contributed by atoms with E-state index < -0.39 is 139 Å². The van der Waals surface area contributed by atoms with Crippen LogP contribution in [-0.4, -0.2) is 139 Å². The fraction of sp³-hybridized carbons (Fsp3) is 0.957. The molecule has 0 saturated heterocycles. The van der Waals surface area contributed by atoms with Gasteiger partial charge in [-0.05, 0) is 0 Å². The van der Waals surface area contributed by atoms with E-state index >= 15 is 0 Å². The standard InChI is InChI=1S/C23F46O7/c24-2(10(34,35)36,71-20(62,63)6(30,14(46,47)48)75-22(66,67)8(32,16(52,53)54)73-18(58,59)4(26,27)12(40,41)42)1(70)3(25,11(37,38)39)72-21(64,65)7(31,15(49,50)51)76-23(68,69)9(33,17(55,56)57)74-19(60,61)5(28,29)13(43,44)45. The maximum absolute atomic E-state index is 15.0. The zero-order valence-corrected chi connectivity index (χ0v) is 31.7. The predicted molar refractivity (Wildman–Crippen MR) is 123 cm³/mol. The van der Waals surface area contributed by atoms with Gasteiger partial charge in [0.05, 0.1) is 0 Å². The van der Waals surface area contributed by atoms with E-state index in [0.717, 1.165) is 0 Å². The molecule has 0 amide bonds. The summed E-state index contributed by atoms with van der Waals surface area (Å²) in [7, 11) is 0. The van der Waals surface area contributed by atoms with Crippen molar-refractivity contribution in [2.75, 3.05) is 0 Å². The number of carbonyl (C=O) groups excluding carboxylic acids is 1. The predicted octanol–water partition coefficient (Wildman–Crippen LogP) is 14.0. The van der Waals surface area contributed by atoms with Gasteiger partial charge in [-0.3, -0.25) is 33.2 Å². The molecule has 76 heavy (non-hydrogen) atoms. The van der Waals surface area contributed by atoms with Gasteiger partial charge in [0, 0.05) is 0 Å². The summed E-state index contributed by atoms with van der Waals surface area (Å²) < 4.78 is 626. The Morgan fingerprint density at radius 2 is 0.329 bits per heavy atom. The van der Waals surface area contributed by atoms with Crippen LogP contribution in [0.25, 0.3) is 0 Å². The quantitative estimate of drug-likeness (QED) is 0.112. The molecule has 6 unspecified atom stereocenters. The van der Waals surface area contributed by atoms with Crippen molar-refractivity contribution < 1.29 is 235 Å². The summed E-state index contributed by atoms with van der Waals surface area (Å²) >= 11 is 0. The summed E-state index contributed by atoms with van der Waals surface area (Å²) in [5.41, 5.74) is 0. The third-order valence-corrected chi connectivity index (χ3v) is 7.33. The van der Waals surface area contributed by atoms with Crippen LogP contribution in [0, 0.1) is 0 Å². The van der Waals surface area contributed by atoms with Crippen LogP contribution in [0.5, 0.6) is 0 Å². The number of ether oxygens (including phenoxy) is 6. The minimum atomic E-state index is -9.91. The van der Waals surface area contributed by atoms with Crippen molar-refractivity contribution >= 4 is 5.78 Å². The van der Waals surface area contributed by atoms with Crippen LogP contribution >= 0.6 is 0 Å². The molecule has 0 aliphatic rings. The highest BCUT2D eigenvalue weighted by atomic mass is 19.5. The van der Waals surface area contributed by atoms with Gasteiger partial charge >= 0.3 is 133 Å². The summed E-state index contributed by atoms with van der Waals surface area (Å²) in [4.78, 5) is 11.9. The van der Waals surface area contributed by atoms with Crippen molar-refractivity contribution in [1.82, 2.24) is 0 Å². The third kappa shape index (κ3) is 11.6. The van der Waals surface area contributed by atoms with Crippen LogP contribution in [0.15, 0.2) is 0 Å². The molecule has 0 fully saturated rings. The molecule has 7 nitrogen and oxygen atoms in total. The fourth-order valence-corrected chi connectivity index (χ4v) is 3.58. The highest BCUT2D eigenvalue weighted by Crippen LogP contribution is 2.63. The molecular formula is C23F46O7. The lowest BCUT2D eigenvalue weighted by molar-refractivity contribution is -0.580. The molecule has 0 heterocycles. The van der Waals surface area contributed by atoms with Crippen LogP contribution in [0.4, 0.5) is 202 Å². The van der Waals surface area contributed by atoms with Crippen molar-refractivity contribution in [3.05, 3.63) is 0 Å². The molecule has 0 aromatic rings. The molecule has 0 N–H and O–H groups in total. The van der Waals surface area contributed by atoms with Crippen LogP contribution < -0.4 is 0 Å². The smallest absolute Gasteiger partial charge is 0.286 e. The number of Topliss-reactive ketones (excluding diaryl/α,β-unsaturated/α-hetero) is 1. The first-order chi connectivity index (χ1) is 31.9. The minimum absolute atomic E-state index is 0.588. The molecule has 456 valence electrons. The van der Waals surface area contributed by atoms with E-state index in [0.29, 0.717) is 28.4 Å². The van der Waals surface area contributed by atoms with Gasteiger partial charge in [0.25, 0.3) is 5.78 Å². The van der Waals surface area contributed by atoms with Gasteiger partial charge in [0.2, 0.25) is 0 Å². The molecule has 0 rings (SSSR count). The Hall–Kier alpha value is -3.79. The molecule has 0 saturated carbocycles. The number of carbonyl (C=O) groups is 1. The van der Waals surface area contributed by atoms with Gasteiger partial charge in [-0.25, -0.2) is 0 Å². The number of rotatable bonds is 20. The maximum atomic E-state index is 15.0. The Balaban J connectivity index is 8.49. The zero-order valence-electron chi connectivity index (χ0n) is 31.7. The second-order valence-corrected chi connectivity index (χ2v) is 12.7. The molecule has 0 spiro atoms. The SMILES string of the molecule is O=C(C(F)(OC(F)(F)C(F)(OC(F)(F)C(F)(OC(F)(F)C(F)(F)C(F)(F)F)C(F)(F)F)C(F)(F)F)C(F)(F)F)C(F)(OC(F)(F)C(F)(OC(F)(F)C(F)(OC(F)(F)C(F)(F)C(F)(F)F)C(F)(F)F)C(F)(F)F)C(F)(F)F. The van der Waals surface area contributed by atoms with Gasteiger partial charge in [-0.15, -0.1) is 0 Å². The van der Waals surface area contributed by atoms with Crippen molar-refractivity contribution in [2.24, 2.45) is 0 Å². The Morgan fingerprint density at radius 3 is 0.461 bits per heavy atom. The maximum Gasteiger partial charge on any atom is 0.462 e.